The number of morpholine rings is 1. The molecular formula is C13H16ClNO. The molecule has 1 aliphatic carbocycles. The Hall–Kier alpha value is -0.730. The van der Waals surface area contributed by atoms with Crippen LogP contribution >= 0.6 is 11.6 Å². The van der Waals surface area contributed by atoms with Gasteiger partial charge in [0.05, 0.1) is 13.2 Å². The van der Waals surface area contributed by atoms with E-state index >= 15 is 0 Å². The number of hydrogen-bond acceptors (Lipinski definition) is 2. The second kappa shape index (κ2) is 4.27. The number of hydrogen-bond donors (Lipinski definition) is 0. The summed E-state index contributed by atoms with van der Waals surface area (Å²) < 4.78 is 5.37. The van der Waals surface area contributed by atoms with Crippen LogP contribution in [0.5, 0.6) is 0 Å². The van der Waals surface area contributed by atoms with Gasteiger partial charge in [-0.15, -0.1) is 0 Å². The molecule has 2 aliphatic rings. The molecular weight excluding hydrogens is 222 g/mol. The van der Waals surface area contributed by atoms with E-state index in [9.17, 15) is 0 Å². The monoisotopic (exact) mass is 237 g/mol. The largest absolute Gasteiger partial charge is 0.378 e. The van der Waals surface area contributed by atoms with Crippen LogP contribution in [0.4, 0.5) is 5.69 Å². The quantitative estimate of drug-likeness (QED) is 0.784. The molecule has 1 heterocycles. The van der Waals surface area contributed by atoms with Gasteiger partial charge in [0.1, 0.15) is 0 Å². The first-order chi connectivity index (χ1) is 7.83. The number of anilines is 1. The van der Waals surface area contributed by atoms with Crippen molar-refractivity contribution in [3.05, 3.63) is 28.8 Å². The van der Waals surface area contributed by atoms with Crippen LogP contribution in [0.15, 0.2) is 18.2 Å². The van der Waals surface area contributed by atoms with Gasteiger partial charge in [0.25, 0.3) is 0 Å². The molecule has 1 saturated heterocycles. The molecule has 0 N–H and O–H groups in total. The molecule has 1 aromatic carbocycles. The van der Waals surface area contributed by atoms with E-state index < -0.39 is 0 Å². The normalized spacial score (nSPS) is 21.2. The molecule has 3 rings (SSSR count). The Bertz CT molecular complexity index is 384. The molecule has 0 atom stereocenters. The third-order valence-electron chi connectivity index (χ3n) is 3.33. The van der Waals surface area contributed by atoms with Gasteiger partial charge in [0.15, 0.2) is 0 Å². The third-order valence-corrected chi connectivity index (χ3v) is 3.55. The van der Waals surface area contributed by atoms with E-state index in [0.29, 0.717) is 0 Å². The van der Waals surface area contributed by atoms with Crippen LogP contribution in [0.25, 0.3) is 0 Å². The van der Waals surface area contributed by atoms with Crippen molar-refractivity contribution in [2.24, 2.45) is 0 Å². The Morgan fingerprint density at radius 3 is 2.56 bits per heavy atom. The van der Waals surface area contributed by atoms with E-state index in [1.165, 1.54) is 24.1 Å². The number of halogens is 1. The van der Waals surface area contributed by atoms with Gasteiger partial charge in [-0.3, -0.25) is 0 Å². The van der Waals surface area contributed by atoms with Crippen molar-refractivity contribution in [1.82, 2.24) is 0 Å². The topological polar surface area (TPSA) is 12.5 Å². The average Bonchev–Trinajstić information content (AvgIpc) is 3.13. The Labute approximate surface area is 101 Å². The second-order valence-corrected chi connectivity index (χ2v) is 5.05. The maximum absolute atomic E-state index is 6.18. The average molecular weight is 238 g/mol. The SMILES string of the molecule is Clc1cc(C2CC2)cc(N2CCOCC2)c1. The predicted octanol–water partition coefficient (Wildman–Crippen LogP) is 3.05. The second-order valence-electron chi connectivity index (χ2n) is 4.62. The zero-order chi connectivity index (χ0) is 11.0. The smallest absolute Gasteiger partial charge is 0.0642 e. The molecule has 0 bridgehead atoms. The Kier molecular flexibility index (Phi) is 2.78. The van der Waals surface area contributed by atoms with Gasteiger partial charge < -0.3 is 9.64 Å². The number of rotatable bonds is 2. The highest BCUT2D eigenvalue weighted by molar-refractivity contribution is 6.31. The maximum atomic E-state index is 6.18. The summed E-state index contributed by atoms with van der Waals surface area (Å²) in [5.74, 6) is 0.762. The molecule has 1 saturated carbocycles. The summed E-state index contributed by atoms with van der Waals surface area (Å²) in [6.45, 7) is 3.60. The lowest BCUT2D eigenvalue weighted by Gasteiger charge is -2.29. The van der Waals surface area contributed by atoms with Crippen molar-refractivity contribution >= 4 is 17.3 Å². The highest BCUT2D eigenvalue weighted by Gasteiger charge is 2.24. The van der Waals surface area contributed by atoms with Gasteiger partial charge in [-0.05, 0) is 42.5 Å². The first-order valence-electron chi connectivity index (χ1n) is 5.96. The molecule has 2 fully saturated rings. The van der Waals surface area contributed by atoms with Gasteiger partial charge in [-0.1, -0.05) is 11.6 Å². The Balaban J connectivity index is 1.86. The van der Waals surface area contributed by atoms with Gasteiger partial charge in [-0.25, -0.2) is 0 Å². The molecule has 0 unspecified atom stereocenters. The molecule has 86 valence electrons. The van der Waals surface area contributed by atoms with Crippen LogP contribution in [-0.4, -0.2) is 26.3 Å². The van der Waals surface area contributed by atoms with Crippen molar-refractivity contribution in [1.29, 1.82) is 0 Å². The first kappa shape index (κ1) is 10.4. The standard InChI is InChI=1S/C13H16ClNO/c14-12-7-11(10-1-2-10)8-13(9-12)15-3-5-16-6-4-15/h7-10H,1-6H2. The maximum Gasteiger partial charge on any atom is 0.0642 e. The van der Waals surface area contributed by atoms with Crippen LogP contribution in [-0.2, 0) is 4.74 Å². The van der Waals surface area contributed by atoms with Crippen LogP contribution in [0, 0.1) is 0 Å². The van der Waals surface area contributed by atoms with Gasteiger partial charge in [0, 0.05) is 23.8 Å². The van der Waals surface area contributed by atoms with E-state index in [1.54, 1.807) is 0 Å². The molecule has 1 aromatic rings. The fourth-order valence-corrected chi connectivity index (χ4v) is 2.49. The van der Waals surface area contributed by atoms with E-state index in [1.807, 2.05) is 0 Å². The van der Waals surface area contributed by atoms with Crippen molar-refractivity contribution in [2.75, 3.05) is 31.2 Å². The molecule has 0 spiro atoms. The molecule has 1 aliphatic heterocycles. The molecule has 0 radical (unpaired) electrons. The third kappa shape index (κ3) is 2.18. The first-order valence-corrected chi connectivity index (χ1v) is 6.34. The zero-order valence-electron chi connectivity index (χ0n) is 9.29. The van der Waals surface area contributed by atoms with Crippen LogP contribution in [0.3, 0.4) is 0 Å². The van der Waals surface area contributed by atoms with Crippen molar-refractivity contribution < 1.29 is 4.74 Å². The fourth-order valence-electron chi connectivity index (χ4n) is 2.25. The highest BCUT2D eigenvalue weighted by atomic mass is 35.5. The summed E-state index contributed by atoms with van der Waals surface area (Å²) in [6, 6.07) is 6.48. The van der Waals surface area contributed by atoms with Crippen molar-refractivity contribution in [2.45, 2.75) is 18.8 Å². The van der Waals surface area contributed by atoms with Crippen molar-refractivity contribution in [3.63, 3.8) is 0 Å². The minimum atomic E-state index is 0.762. The van der Waals surface area contributed by atoms with Gasteiger partial charge >= 0.3 is 0 Å². The van der Waals surface area contributed by atoms with E-state index in [0.717, 1.165) is 37.2 Å². The number of ether oxygens (including phenoxy) is 1. The van der Waals surface area contributed by atoms with Crippen LogP contribution < -0.4 is 4.90 Å². The number of benzene rings is 1. The molecule has 2 nitrogen and oxygen atoms in total. The molecule has 3 heteroatoms. The van der Waals surface area contributed by atoms with E-state index in [2.05, 4.69) is 23.1 Å². The van der Waals surface area contributed by atoms with Crippen LogP contribution in [0.2, 0.25) is 5.02 Å². The summed E-state index contributed by atoms with van der Waals surface area (Å²) in [6.07, 6.45) is 2.64. The summed E-state index contributed by atoms with van der Waals surface area (Å²) in [4.78, 5) is 2.36. The Morgan fingerprint density at radius 1 is 1.12 bits per heavy atom. The van der Waals surface area contributed by atoms with Gasteiger partial charge in [0.2, 0.25) is 0 Å². The highest BCUT2D eigenvalue weighted by Crippen LogP contribution is 2.42. The summed E-state index contributed by atoms with van der Waals surface area (Å²) in [5.41, 5.74) is 2.67. The zero-order valence-corrected chi connectivity index (χ0v) is 10.0. The summed E-state index contributed by atoms with van der Waals surface area (Å²) in [7, 11) is 0. The summed E-state index contributed by atoms with van der Waals surface area (Å²) in [5, 5.41) is 0.867. The van der Waals surface area contributed by atoms with E-state index in [-0.39, 0.29) is 0 Å². The molecule has 0 aromatic heterocycles. The van der Waals surface area contributed by atoms with Gasteiger partial charge in [-0.2, -0.15) is 0 Å². The molecule has 16 heavy (non-hydrogen) atoms. The Morgan fingerprint density at radius 2 is 1.88 bits per heavy atom. The minimum Gasteiger partial charge on any atom is -0.378 e. The lowest BCUT2D eigenvalue weighted by molar-refractivity contribution is 0.122. The minimum absolute atomic E-state index is 0.762. The van der Waals surface area contributed by atoms with E-state index in [4.69, 9.17) is 16.3 Å². The fraction of sp³-hybridized carbons (Fsp3) is 0.538. The van der Waals surface area contributed by atoms with Crippen molar-refractivity contribution in [3.8, 4) is 0 Å². The summed E-state index contributed by atoms with van der Waals surface area (Å²) >= 11 is 6.18. The van der Waals surface area contributed by atoms with Crippen LogP contribution in [0.1, 0.15) is 24.3 Å². The number of nitrogens with zero attached hydrogens (tertiary/aromatic N) is 1. The lowest BCUT2D eigenvalue weighted by atomic mass is 10.1. The molecule has 0 amide bonds. The lowest BCUT2D eigenvalue weighted by Crippen LogP contribution is -2.36. The predicted molar refractivity (Wildman–Crippen MR) is 66.5 cm³/mol.